The molecule has 0 aliphatic heterocycles. The summed E-state index contributed by atoms with van der Waals surface area (Å²) in [6, 6.07) is 15.8. The van der Waals surface area contributed by atoms with Gasteiger partial charge in [-0.1, -0.05) is 12.1 Å². The van der Waals surface area contributed by atoms with E-state index in [4.69, 9.17) is 4.74 Å². The third kappa shape index (κ3) is 4.97. The van der Waals surface area contributed by atoms with Crippen LogP contribution in [0.3, 0.4) is 0 Å². The van der Waals surface area contributed by atoms with Crippen LogP contribution in [0.4, 0.5) is 5.69 Å². The third-order valence-electron chi connectivity index (χ3n) is 4.33. The van der Waals surface area contributed by atoms with Crippen LogP contribution in [0.1, 0.15) is 22.0 Å². The lowest BCUT2D eigenvalue weighted by Gasteiger charge is -2.23. The molecule has 134 valence electrons. The van der Waals surface area contributed by atoms with E-state index in [2.05, 4.69) is 48.6 Å². The van der Waals surface area contributed by atoms with Crippen LogP contribution in [0.5, 0.6) is 5.75 Å². The second-order valence-corrected chi connectivity index (χ2v) is 6.55. The molecule has 0 aliphatic carbocycles. The van der Waals surface area contributed by atoms with Crippen LogP contribution < -0.4 is 19.9 Å². The molecule has 0 unspecified atom stereocenters. The highest BCUT2D eigenvalue weighted by Gasteiger charge is 2.19. The molecule has 0 aromatic heterocycles. The number of methoxy groups -OCH3 is 1. The Kier molecular flexibility index (Phi) is 6.42. The summed E-state index contributed by atoms with van der Waals surface area (Å²) in [7, 11) is 9.87. The largest absolute Gasteiger partial charge is 0.497 e. The number of benzene rings is 2. The standard InChI is InChI=1S/C20H27N3O2/c1-22(2)17-10-6-15(7-11-17)19(23(3)4)14-21-20(24)16-8-12-18(25-5)13-9-16/h6-13,19H,14H2,1-5H3,(H,21,24)/p+1/t19-/m1/s1. The number of amides is 1. The summed E-state index contributed by atoms with van der Waals surface area (Å²) in [5.74, 6) is 0.673. The van der Waals surface area contributed by atoms with Crippen molar-refractivity contribution in [3.63, 3.8) is 0 Å². The molecular weight excluding hydrogens is 314 g/mol. The van der Waals surface area contributed by atoms with Crippen molar-refractivity contribution in [2.24, 2.45) is 0 Å². The number of anilines is 1. The van der Waals surface area contributed by atoms with E-state index in [-0.39, 0.29) is 11.9 Å². The highest BCUT2D eigenvalue weighted by molar-refractivity contribution is 5.94. The minimum Gasteiger partial charge on any atom is -0.497 e. The average molecular weight is 342 g/mol. The Bertz CT molecular complexity index is 679. The number of carbonyl (C=O) groups is 1. The Hall–Kier alpha value is -2.53. The van der Waals surface area contributed by atoms with Gasteiger partial charge in [0.2, 0.25) is 0 Å². The summed E-state index contributed by atoms with van der Waals surface area (Å²) < 4.78 is 5.12. The van der Waals surface area contributed by atoms with Crippen molar-refractivity contribution in [1.82, 2.24) is 5.32 Å². The van der Waals surface area contributed by atoms with Gasteiger partial charge < -0.3 is 19.9 Å². The minimum atomic E-state index is -0.0705. The summed E-state index contributed by atoms with van der Waals surface area (Å²) in [4.78, 5) is 15.7. The summed E-state index contributed by atoms with van der Waals surface area (Å²) in [6.07, 6.45) is 0. The van der Waals surface area contributed by atoms with Crippen LogP contribution in [-0.2, 0) is 0 Å². The van der Waals surface area contributed by atoms with Gasteiger partial charge in [-0.05, 0) is 36.4 Å². The molecule has 0 heterocycles. The maximum Gasteiger partial charge on any atom is 0.251 e. The van der Waals surface area contributed by atoms with Crippen LogP contribution in [0.2, 0.25) is 0 Å². The SMILES string of the molecule is COc1ccc(C(=O)NC[C@H](c2ccc(N(C)C)cc2)[NH+](C)C)cc1. The van der Waals surface area contributed by atoms with Crippen molar-refractivity contribution in [1.29, 1.82) is 0 Å². The summed E-state index contributed by atoms with van der Waals surface area (Å²) in [6.45, 7) is 0.578. The van der Waals surface area contributed by atoms with Gasteiger partial charge in [-0.25, -0.2) is 0 Å². The van der Waals surface area contributed by atoms with Crippen LogP contribution >= 0.6 is 0 Å². The molecule has 0 saturated carbocycles. The van der Waals surface area contributed by atoms with E-state index in [1.54, 1.807) is 31.4 Å². The Balaban J connectivity index is 2.04. The van der Waals surface area contributed by atoms with E-state index in [9.17, 15) is 4.79 Å². The summed E-state index contributed by atoms with van der Waals surface area (Å²) in [5, 5.41) is 3.04. The normalized spacial score (nSPS) is 11.9. The van der Waals surface area contributed by atoms with E-state index >= 15 is 0 Å². The fourth-order valence-corrected chi connectivity index (χ4v) is 2.70. The number of nitrogens with one attached hydrogen (secondary N) is 2. The number of likely N-dealkylation sites (N-methyl/N-ethyl adjacent to an activating group) is 1. The maximum absolute atomic E-state index is 12.4. The molecule has 25 heavy (non-hydrogen) atoms. The number of quaternary nitrogens is 1. The van der Waals surface area contributed by atoms with E-state index < -0.39 is 0 Å². The Morgan fingerprint density at radius 1 is 1.08 bits per heavy atom. The van der Waals surface area contributed by atoms with Gasteiger partial charge >= 0.3 is 0 Å². The molecule has 0 radical (unpaired) electrons. The van der Waals surface area contributed by atoms with Gasteiger partial charge in [0.1, 0.15) is 11.8 Å². The quantitative estimate of drug-likeness (QED) is 0.799. The molecule has 2 aromatic rings. The third-order valence-corrected chi connectivity index (χ3v) is 4.33. The number of hydrogen-bond acceptors (Lipinski definition) is 3. The van der Waals surface area contributed by atoms with Crippen LogP contribution in [0.25, 0.3) is 0 Å². The van der Waals surface area contributed by atoms with Crippen LogP contribution in [0.15, 0.2) is 48.5 Å². The molecule has 2 N–H and O–H groups in total. The second-order valence-electron chi connectivity index (χ2n) is 6.55. The van der Waals surface area contributed by atoms with Gasteiger partial charge in [-0.2, -0.15) is 0 Å². The molecule has 0 aliphatic rings. The summed E-state index contributed by atoms with van der Waals surface area (Å²) >= 11 is 0. The van der Waals surface area contributed by atoms with E-state index in [1.165, 1.54) is 16.2 Å². The smallest absolute Gasteiger partial charge is 0.251 e. The van der Waals surface area contributed by atoms with E-state index in [1.807, 2.05) is 14.1 Å². The predicted octanol–water partition coefficient (Wildman–Crippen LogP) is 1.38. The van der Waals surface area contributed by atoms with Gasteiger partial charge in [0.25, 0.3) is 5.91 Å². The average Bonchev–Trinajstić information content (AvgIpc) is 2.62. The number of rotatable bonds is 7. The van der Waals surface area contributed by atoms with E-state index in [0.29, 0.717) is 12.1 Å². The number of nitrogens with zero attached hydrogens (tertiary/aromatic N) is 1. The first-order valence-corrected chi connectivity index (χ1v) is 8.42. The lowest BCUT2D eigenvalue weighted by atomic mass is 10.0. The molecule has 5 nitrogen and oxygen atoms in total. The van der Waals surface area contributed by atoms with Gasteiger partial charge in [0.05, 0.1) is 27.7 Å². The van der Waals surface area contributed by atoms with E-state index in [0.717, 1.165) is 5.75 Å². The molecule has 2 rings (SSSR count). The second kappa shape index (κ2) is 8.53. The fraction of sp³-hybridized carbons (Fsp3) is 0.350. The zero-order valence-electron chi connectivity index (χ0n) is 15.7. The molecule has 2 aromatic carbocycles. The Labute approximate surface area is 150 Å². The topological polar surface area (TPSA) is 46.0 Å². The molecule has 1 atom stereocenters. The predicted molar refractivity (Wildman–Crippen MR) is 102 cm³/mol. The van der Waals surface area contributed by atoms with Gasteiger partial charge in [-0.15, -0.1) is 0 Å². The molecule has 5 heteroatoms. The van der Waals surface area contributed by atoms with Crippen molar-refractivity contribution < 1.29 is 14.4 Å². The highest BCUT2D eigenvalue weighted by atomic mass is 16.5. The van der Waals surface area contributed by atoms with Gasteiger partial charge in [0.15, 0.2) is 0 Å². The Morgan fingerprint density at radius 3 is 2.16 bits per heavy atom. The van der Waals surface area contributed by atoms with Crippen LogP contribution in [0, 0.1) is 0 Å². The minimum absolute atomic E-state index is 0.0705. The van der Waals surface area contributed by atoms with Crippen molar-refractivity contribution in [2.45, 2.75) is 6.04 Å². The fourth-order valence-electron chi connectivity index (χ4n) is 2.70. The van der Waals surface area contributed by atoms with Crippen LogP contribution in [-0.4, -0.2) is 47.8 Å². The number of hydrogen-bond donors (Lipinski definition) is 2. The lowest BCUT2D eigenvalue weighted by Crippen LogP contribution is -3.07. The molecule has 1 amide bonds. The first kappa shape index (κ1) is 18.8. The van der Waals surface area contributed by atoms with Crippen molar-refractivity contribution in [3.8, 4) is 5.75 Å². The zero-order valence-corrected chi connectivity index (χ0v) is 15.7. The zero-order chi connectivity index (χ0) is 18.4. The number of carbonyl (C=O) groups excluding carboxylic acids is 1. The Morgan fingerprint density at radius 2 is 1.68 bits per heavy atom. The molecule has 0 spiro atoms. The number of ether oxygens (including phenoxy) is 1. The van der Waals surface area contributed by atoms with Crippen molar-refractivity contribution in [3.05, 3.63) is 59.7 Å². The molecule has 0 fully saturated rings. The monoisotopic (exact) mass is 342 g/mol. The molecule has 0 saturated heterocycles. The highest BCUT2D eigenvalue weighted by Crippen LogP contribution is 2.16. The van der Waals surface area contributed by atoms with Crippen molar-refractivity contribution >= 4 is 11.6 Å². The molecular formula is C20H28N3O2+. The summed E-state index contributed by atoms with van der Waals surface area (Å²) in [5.41, 5.74) is 3.01. The van der Waals surface area contributed by atoms with Crippen molar-refractivity contribution in [2.75, 3.05) is 46.7 Å². The maximum atomic E-state index is 12.4. The first-order chi connectivity index (χ1) is 11.9. The lowest BCUT2D eigenvalue weighted by molar-refractivity contribution is -0.890. The van der Waals surface area contributed by atoms with Gasteiger partial charge in [-0.3, -0.25) is 4.79 Å². The van der Waals surface area contributed by atoms with Gasteiger partial charge in [0, 0.05) is 30.9 Å². The first-order valence-electron chi connectivity index (χ1n) is 8.42. The molecule has 0 bridgehead atoms.